The van der Waals surface area contributed by atoms with Gasteiger partial charge < -0.3 is 4.90 Å². The lowest BCUT2D eigenvalue weighted by atomic mass is 10.1. The van der Waals surface area contributed by atoms with Gasteiger partial charge in [0, 0.05) is 30.9 Å². The van der Waals surface area contributed by atoms with Gasteiger partial charge in [-0.3, -0.25) is 15.2 Å². The van der Waals surface area contributed by atoms with Gasteiger partial charge in [0.1, 0.15) is 0 Å². The Hall–Kier alpha value is -1.36. The second-order valence-corrected chi connectivity index (χ2v) is 4.44. The molecule has 2 unspecified atom stereocenters. The number of carbonyl (C=O) groups excluding carboxylic acids is 1. The molecule has 0 saturated carbocycles. The van der Waals surface area contributed by atoms with Crippen molar-refractivity contribution in [2.45, 2.75) is 32.4 Å². The number of nitrogens with zero attached hydrogens (tertiary/aromatic N) is 2. The van der Waals surface area contributed by atoms with E-state index in [-0.39, 0.29) is 18.0 Å². The molecule has 16 heavy (non-hydrogen) atoms. The third-order valence-electron chi connectivity index (χ3n) is 3.21. The Morgan fingerprint density at radius 3 is 2.94 bits per heavy atom. The molecule has 1 aliphatic heterocycles. The third-order valence-corrected chi connectivity index (χ3v) is 3.21. The molecule has 2 heterocycles. The first kappa shape index (κ1) is 11.1. The molecule has 1 amide bonds. The minimum atomic E-state index is -0.0469. The van der Waals surface area contributed by atoms with Crippen molar-refractivity contribution >= 4 is 5.91 Å². The molecular weight excluding hydrogens is 204 g/mol. The van der Waals surface area contributed by atoms with E-state index in [4.69, 9.17) is 0 Å². The quantitative estimate of drug-likeness (QED) is 0.787. The lowest BCUT2D eigenvalue weighted by Gasteiger charge is -2.18. The highest BCUT2D eigenvalue weighted by Crippen LogP contribution is 2.18. The van der Waals surface area contributed by atoms with E-state index in [1.54, 1.807) is 4.90 Å². The SMILES string of the molecule is Cc1[nH]ncc1C(C)NC1CCN(C)C1=O. The molecule has 0 spiro atoms. The summed E-state index contributed by atoms with van der Waals surface area (Å²) in [6.07, 6.45) is 2.70. The van der Waals surface area contributed by atoms with E-state index < -0.39 is 0 Å². The normalized spacial score (nSPS) is 22.8. The number of hydrogen-bond donors (Lipinski definition) is 2. The van der Waals surface area contributed by atoms with Crippen LogP contribution < -0.4 is 5.32 Å². The van der Waals surface area contributed by atoms with E-state index in [2.05, 4.69) is 22.4 Å². The van der Waals surface area contributed by atoms with Crippen LogP contribution in [0.25, 0.3) is 0 Å². The topological polar surface area (TPSA) is 61.0 Å². The minimum absolute atomic E-state index is 0.0469. The molecule has 2 rings (SSSR count). The van der Waals surface area contributed by atoms with Crippen molar-refractivity contribution in [1.29, 1.82) is 0 Å². The van der Waals surface area contributed by atoms with Crippen LogP contribution in [0.2, 0.25) is 0 Å². The largest absolute Gasteiger partial charge is 0.344 e. The Morgan fingerprint density at radius 1 is 1.69 bits per heavy atom. The molecule has 5 heteroatoms. The van der Waals surface area contributed by atoms with Crippen LogP contribution in [-0.2, 0) is 4.79 Å². The first-order chi connectivity index (χ1) is 7.59. The highest BCUT2D eigenvalue weighted by atomic mass is 16.2. The van der Waals surface area contributed by atoms with Crippen LogP contribution in [0.3, 0.4) is 0 Å². The molecule has 88 valence electrons. The number of carbonyl (C=O) groups is 1. The van der Waals surface area contributed by atoms with Crippen LogP contribution >= 0.6 is 0 Å². The zero-order valence-corrected chi connectivity index (χ0v) is 9.95. The van der Waals surface area contributed by atoms with Crippen LogP contribution in [-0.4, -0.2) is 40.6 Å². The zero-order valence-electron chi connectivity index (χ0n) is 9.95. The fourth-order valence-corrected chi connectivity index (χ4v) is 2.17. The standard InChI is InChI=1S/C11H18N4O/c1-7(9-6-12-14-8(9)2)13-10-4-5-15(3)11(10)16/h6-7,10,13H,4-5H2,1-3H3,(H,12,14). The number of hydrogen-bond acceptors (Lipinski definition) is 3. The lowest BCUT2D eigenvalue weighted by Crippen LogP contribution is -2.38. The molecule has 5 nitrogen and oxygen atoms in total. The summed E-state index contributed by atoms with van der Waals surface area (Å²) in [6.45, 7) is 4.89. The molecular formula is C11H18N4O. The number of likely N-dealkylation sites (N-methyl/N-ethyl adjacent to an activating group) is 1. The van der Waals surface area contributed by atoms with Crippen molar-refractivity contribution in [3.63, 3.8) is 0 Å². The molecule has 1 saturated heterocycles. The van der Waals surface area contributed by atoms with Crippen molar-refractivity contribution < 1.29 is 4.79 Å². The molecule has 1 aromatic heterocycles. The Labute approximate surface area is 95.2 Å². The van der Waals surface area contributed by atoms with Gasteiger partial charge >= 0.3 is 0 Å². The Balaban J connectivity index is 2.01. The minimum Gasteiger partial charge on any atom is -0.344 e. The number of likely N-dealkylation sites (tertiary alicyclic amines) is 1. The van der Waals surface area contributed by atoms with Gasteiger partial charge in [-0.2, -0.15) is 5.10 Å². The van der Waals surface area contributed by atoms with Gasteiger partial charge in [0.25, 0.3) is 0 Å². The maximum Gasteiger partial charge on any atom is 0.239 e. The van der Waals surface area contributed by atoms with E-state index in [1.165, 1.54) is 0 Å². The first-order valence-electron chi connectivity index (χ1n) is 5.60. The summed E-state index contributed by atoms with van der Waals surface area (Å²) in [6, 6.07) is 0.105. The smallest absolute Gasteiger partial charge is 0.239 e. The van der Waals surface area contributed by atoms with Gasteiger partial charge in [0.05, 0.1) is 12.2 Å². The van der Waals surface area contributed by atoms with E-state index in [0.717, 1.165) is 24.2 Å². The molecule has 0 aliphatic carbocycles. The molecule has 0 radical (unpaired) electrons. The van der Waals surface area contributed by atoms with Crippen LogP contribution in [0.5, 0.6) is 0 Å². The second-order valence-electron chi connectivity index (χ2n) is 4.44. The van der Waals surface area contributed by atoms with Gasteiger partial charge in [0.2, 0.25) is 5.91 Å². The molecule has 2 N–H and O–H groups in total. The van der Waals surface area contributed by atoms with Gasteiger partial charge in [-0.25, -0.2) is 0 Å². The second kappa shape index (κ2) is 4.25. The number of amides is 1. The lowest BCUT2D eigenvalue weighted by molar-refractivity contribution is -0.128. The van der Waals surface area contributed by atoms with Crippen molar-refractivity contribution in [1.82, 2.24) is 20.4 Å². The number of rotatable bonds is 3. The summed E-state index contributed by atoms with van der Waals surface area (Å²) < 4.78 is 0. The van der Waals surface area contributed by atoms with Crippen LogP contribution in [0.15, 0.2) is 6.20 Å². The summed E-state index contributed by atoms with van der Waals surface area (Å²) in [5, 5.41) is 10.3. The van der Waals surface area contributed by atoms with Crippen molar-refractivity contribution in [3.05, 3.63) is 17.5 Å². The van der Waals surface area contributed by atoms with Gasteiger partial charge in [-0.05, 0) is 20.3 Å². The fraction of sp³-hybridized carbons (Fsp3) is 0.636. The zero-order chi connectivity index (χ0) is 11.7. The number of aromatic nitrogens is 2. The van der Waals surface area contributed by atoms with Gasteiger partial charge in [0.15, 0.2) is 0 Å². The average molecular weight is 222 g/mol. The molecule has 1 aliphatic rings. The van der Waals surface area contributed by atoms with Crippen molar-refractivity contribution in [3.8, 4) is 0 Å². The number of aromatic amines is 1. The predicted molar refractivity (Wildman–Crippen MR) is 60.9 cm³/mol. The fourth-order valence-electron chi connectivity index (χ4n) is 2.17. The van der Waals surface area contributed by atoms with Crippen LogP contribution in [0, 0.1) is 6.92 Å². The summed E-state index contributed by atoms with van der Waals surface area (Å²) in [5.41, 5.74) is 2.18. The molecule has 1 fully saturated rings. The molecule has 2 atom stereocenters. The van der Waals surface area contributed by atoms with Crippen molar-refractivity contribution in [2.75, 3.05) is 13.6 Å². The summed E-state index contributed by atoms with van der Waals surface area (Å²) in [4.78, 5) is 13.5. The van der Waals surface area contributed by atoms with Crippen LogP contribution in [0.1, 0.15) is 30.6 Å². The summed E-state index contributed by atoms with van der Waals surface area (Å²) >= 11 is 0. The number of aryl methyl sites for hydroxylation is 1. The van der Waals surface area contributed by atoms with Crippen LogP contribution in [0.4, 0.5) is 0 Å². The van der Waals surface area contributed by atoms with Crippen molar-refractivity contribution in [2.24, 2.45) is 0 Å². The maximum atomic E-state index is 11.7. The highest BCUT2D eigenvalue weighted by Gasteiger charge is 2.30. The molecule has 0 aromatic carbocycles. The summed E-state index contributed by atoms with van der Waals surface area (Å²) in [7, 11) is 1.85. The predicted octanol–water partition coefficient (Wildman–Crippen LogP) is 0.599. The number of nitrogens with one attached hydrogen (secondary N) is 2. The van der Waals surface area contributed by atoms with Gasteiger partial charge in [-0.15, -0.1) is 0 Å². The molecule has 1 aromatic rings. The Kier molecular flexibility index (Phi) is 2.96. The van der Waals surface area contributed by atoms with E-state index in [9.17, 15) is 4.79 Å². The Morgan fingerprint density at radius 2 is 2.44 bits per heavy atom. The third kappa shape index (κ3) is 1.95. The average Bonchev–Trinajstić information content (AvgIpc) is 2.79. The Bertz CT molecular complexity index is 387. The van der Waals surface area contributed by atoms with E-state index in [0.29, 0.717) is 0 Å². The number of H-pyrrole nitrogens is 1. The molecule has 0 bridgehead atoms. The monoisotopic (exact) mass is 222 g/mol. The van der Waals surface area contributed by atoms with E-state index >= 15 is 0 Å². The maximum absolute atomic E-state index is 11.7. The van der Waals surface area contributed by atoms with E-state index in [1.807, 2.05) is 20.2 Å². The first-order valence-corrected chi connectivity index (χ1v) is 5.60. The summed E-state index contributed by atoms with van der Waals surface area (Å²) in [5.74, 6) is 0.188. The van der Waals surface area contributed by atoms with Gasteiger partial charge in [-0.1, -0.05) is 0 Å². The highest BCUT2D eigenvalue weighted by molar-refractivity contribution is 5.83.